The second-order valence-corrected chi connectivity index (χ2v) is 23.2. The van der Waals surface area contributed by atoms with Crippen LogP contribution in [0.4, 0.5) is 21.0 Å². The molecule has 0 bridgehead atoms. The maximum Gasteiger partial charge on any atom is 0.411 e. The van der Waals surface area contributed by atoms with E-state index in [1.807, 2.05) is 0 Å². The number of hydrogen-bond donors (Lipinski definition) is 5. The zero-order chi connectivity index (χ0) is 62.1. The van der Waals surface area contributed by atoms with Crippen LogP contribution in [0.2, 0.25) is 0 Å². The molecule has 0 saturated heterocycles. The van der Waals surface area contributed by atoms with Gasteiger partial charge in [-0.25, -0.2) is 9.59 Å². The van der Waals surface area contributed by atoms with E-state index >= 15 is 0 Å². The van der Waals surface area contributed by atoms with Gasteiger partial charge in [0.2, 0.25) is 0 Å². The molecule has 15 heteroatoms. The first kappa shape index (κ1) is 78.3. The first-order valence-corrected chi connectivity index (χ1v) is 33.9. The summed E-state index contributed by atoms with van der Waals surface area (Å²) in [6.07, 6.45) is 46.8. The minimum absolute atomic E-state index is 0.0394. The fourth-order valence-electron chi connectivity index (χ4n) is 9.77. The van der Waals surface area contributed by atoms with E-state index in [-0.39, 0.29) is 75.9 Å². The van der Waals surface area contributed by atoms with Crippen molar-refractivity contribution in [1.29, 1.82) is 0 Å². The topological polar surface area (TPSA) is 216 Å². The van der Waals surface area contributed by atoms with Gasteiger partial charge in [0.15, 0.2) is 6.10 Å². The van der Waals surface area contributed by atoms with E-state index < -0.39 is 24.3 Å². The summed E-state index contributed by atoms with van der Waals surface area (Å²) in [6.45, 7) is 8.24. The van der Waals surface area contributed by atoms with Crippen LogP contribution in [-0.4, -0.2) is 96.3 Å². The van der Waals surface area contributed by atoms with E-state index in [1.54, 1.807) is 25.1 Å². The zero-order valence-corrected chi connectivity index (χ0v) is 53.7. The van der Waals surface area contributed by atoms with Crippen molar-refractivity contribution in [3.63, 3.8) is 0 Å². The average molecular weight is 1200 g/mol. The molecule has 85 heavy (non-hydrogen) atoms. The fourth-order valence-corrected chi connectivity index (χ4v) is 9.77. The lowest BCUT2D eigenvalue weighted by molar-refractivity contribution is -0.167. The number of rotatable bonds is 57. The molecule has 0 saturated carbocycles. The summed E-state index contributed by atoms with van der Waals surface area (Å²) >= 11 is 0. The van der Waals surface area contributed by atoms with E-state index in [1.165, 1.54) is 38.5 Å². The van der Waals surface area contributed by atoms with Gasteiger partial charge in [-0.1, -0.05) is 192 Å². The Labute approximate surface area is 515 Å². The van der Waals surface area contributed by atoms with Crippen LogP contribution in [0.3, 0.4) is 0 Å². The van der Waals surface area contributed by atoms with Gasteiger partial charge in [0.1, 0.15) is 19.3 Å². The highest BCUT2D eigenvalue weighted by Gasteiger charge is 2.20. The molecular weight excluding hydrogens is 1080 g/mol. The molecular formula is C70H120N2O13. The maximum atomic E-state index is 13.1. The third-order valence-corrected chi connectivity index (χ3v) is 15.2. The number of allylic oxidation sites excluding steroid dienone is 3. The molecule has 0 aliphatic heterocycles. The number of amides is 2. The predicted molar refractivity (Wildman–Crippen MR) is 345 cm³/mol. The SMILES string of the molecule is CCCCCCC(O)C/C=C\CCCCCCCC(=O)OCC(COC(=O)CCCCCCC/C=C\CC(CCCCCC)OC(=O)Nc1cccc(NC(=O)OCCCCO)c1C)OC(=O)CCCCCCC/C=C\CC(O)CCCCCC. The number of aliphatic hydroxyl groups is 3. The third kappa shape index (κ3) is 49.0. The monoisotopic (exact) mass is 1200 g/mol. The predicted octanol–water partition coefficient (Wildman–Crippen LogP) is 17.9. The van der Waals surface area contributed by atoms with Crippen molar-refractivity contribution in [3.8, 4) is 0 Å². The average Bonchev–Trinajstić information content (AvgIpc) is 3.55. The minimum Gasteiger partial charge on any atom is -0.462 e. The number of aliphatic hydroxyl groups excluding tert-OH is 3. The lowest BCUT2D eigenvalue weighted by atomic mass is 10.1. The number of nitrogens with one attached hydrogen (secondary N) is 2. The quantitative estimate of drug-likeness (QED) is 0.0178. The van der Waals surface area contributed by atoms with Gasteiger partial charge < -0.3 is 39.0 Å². The Morgan fingerprint density at radius 3 is 1.32 bits per heavy atom. The molecule has 15 nitrogen and oxygen atoms in total. The molecule has 0 heterocycles. The number of esters is 3. The number of hydrogen-bond acceptors (Lipinski definition) is 13. The molecule has 0 aliphatic rings. The summed E-state index contributed by atoms with van der Waals surface area (Å²) in [5.74, 6) is -1.13. The lowest BCUT2D eigenvalue weighted by Crippen LogP contribution is -2.30. The van der Waals surface area contributed by atoms with E-state index in [0.29, 0.717) is 68.3 Å². The van der Waals surface area contributed by atoms with Crippen molar-refractivity contribution in [2.75, 3.05) is 37.1 Å². The Hall–Kier alpha value is -4.73. The molecule has 0 spiro atoms. The van der Waals surface area contributed by atoms with Crippen LogP contribution in [0, 0.1) is 6.92 Å². The molecule has 4 unspecified atom stereocenters. The largest absolute Gasteiger partial charge is 0.462 e. The Kier molecular flexibility index (Phi) is 52.5. The Morgan fingerprint density at radius 2 is 0.847 bits per heavy atom. The van der Waals surface area contributed by atoms with Crippen molar-refractivity contribution < 1.29 is 63.0 Å². The Bertz CT molecular complexity index is 1910. The van der Waals surface area contributed by atoms with Crippen LogP contribution < -0.4 is 10.6 Å². The Balaban J connectivity index is 2.54. The molecule has 1 aromatic rings. The number of unbranched alkanes of at least 4 members (excludes halogenated alkanes) is 25. The van der Waals surface area contributed by atoms with Crippen molar-refractivity contribution in [2.24, 2.45) is 0 Å². The number of carbonyl (C=O) groups is 5. The first-order chi connectivity index (χ1) is 41.4. The molecule has 0 aromatic heterocycles. The van der Waals surface area contributed by atoms with Crippen LogP contribution in [0.25, 0.3) is 0 Å². The normalized spacial score (nSPS) is 13.0. The molecule has 0 aliphatic carbocycles. The molecule has 0 radical (unpaired) electrons. The van der Waals surface area contributed by atoms with Gasteiger partial charge in [0.05, 0.1) is 18.8 Å². The van der Waals surface area contributed by atoms with Crippen LogP contribution in [-0.2, 0) is 38.1 Å². The molecule has 2 amide bonds. The van der Waals surface area contributed by atoms with Gasteiger partial charge >= 0.3 is 30.1 Å². The van der Waals surface area contributed by atoms with Crippen molar-refractivity contribution in [1.82, 2.24) is 0 Å². The molecule has 488 valence electrons. The number of benzene rings is 1. The van der Waals surface area contributed by atoms with Crippen LogP contribution in [0.5, 0.6) is 0 Å². The van der Waals surface area contributed by atoms with E-state index in [2.05, 4.69) is 67.9 Å². The Morgan fingerprint density at radius 1 is 0.435 bits per heavy atom. The summed E-state index contributed by atoms with van der Waals surface area (Å²) < 4.78 is 28.0. The van der Waals surface area contributed by atoms with Crippen molar-refractivity contribution in [3.05, 3.63) is 60.2 Å². The fraction of sp³-hybridized carbons (Fsp3) is 0.757. The van der Waals surface area contributed by atoms with Crippen molar-refractivity contribution in [2.45, 2.75) is 315 Å². The summed E-state index contributed by atoms with van der Waals surface area (Å²) in [7, 11) is 0. The highest BCUT2D eigenvalue weighted by molar-refractivity contribution is 5.91. The molecule has 1 rings (SSSR count). The third-order valence-electron chi connectivity index (χ3n) is 15.2. The summed E-state index contributed by atoms with van der Waals surface area (Å²) in [6, 6.07) is 5.22. The van der Waals surface area contributed by atoms with Crippen molar-refractivity contribution >= 4 is 41.5 Å². The summed E-state index contributed by atoms with van der Waals surface area (Å²) in [5, 5.41) is 34.9. The highest BCUT2D eigenvalue weighted by atomic mass is 16.6. The summed E-state index contributed by atoms with van der Waals surface area (Å²) in [4.78, 5) is 64.0. The van der Waals surface area contributed by atoms with Gasteiger partial charge in [-0.2, -0.15) is 0 Å². The van der Waals surface area contributed by atoms with Gasteiger partial charge in [0, 0.05) is 43.7 Å². The van der Waals surface area contributed by atoms with Crippen LogP contribution in [0.15, 0.2) is 54.7 Å². The van der Waals surface area contributed by atoms with E-state index in [9.17, 15) is 34.2 Å². The number of anilines is 2. The highest BCUT2D eigenvalue weighted by Crippen LogP contribution is 2.25. The number of carbonyl (C=O) groups excluding carboxylic acids is 5. The zero-order valence-electron chi connectivity index (χ0n) is 53.7. The van der Waals surface area contributed by atoms with Gasteiger partial charge in [0.25, 0.3) is 0 Å². The van der Waals surface area contributed by atoms with E-state index in [0.717, 1.165) is 154 Å². The van der Waals surface area contributed by atoms with Gasteiger partial charge in [-0.15, -0.1) is 0 Å². The van der Waals surface area contributed by atoms with Crippen LogP contribution >= 0.6 is 0 Å². The standard InChI is InChI=1S/C70H120N2O13/c1-5-8-11-32-44-60(74)46-34-26-20-14-17-23-29-38-52-66(76)82-57-63(84-68(78)54-40-31-25-18-15-21-27-35-47-61(75)45-33-12-9-6-2)58-83-67(77)53-39-30-24-19-16-22-28-37-49-62(48-36-13-10-7-3)85-70(80)72-65-51-43-50-64(59(65)4)71-69(79)81-56-42-41-55-73/h26-28,34-35,37,43,50-51,60-63,73-75H,5-25,29-33,36,38-42,44-49,52-58H2,1-4H3,(H,71,79)(H,72,80)/b34-26-,35-27-,37-28-. The van der Waals surface area contributed by atoms with E-state index in [4.69, 9.17) is 28.8 Å². The minimum atomic E-state index is -0.880. The molecule has 0 fully saturated rings. The van der Waals surface area contributed by atoms with Gasteiger partial charge in [-0.3, -0.25) is 25.0 Å². The smallest absolute Gasteiger partial charge is 0.411 e. The lowest BCUT2D eigenvalue weighted by Gasteiger charge is -2.18. The van der Waals surface area contributed by atoms with Crippen LogP contribution in [0.1, 0.15) is 290 Å². The van der Waals surface area contributed by atoms with Gasteiger partial charge in [-0.05, 0) is 134 Å². The second kappa shape index (κ2) is 57.0. The molecule has 1 aromatic carbocycles. The number of ether oxygens (including phenoxy) is 5. The summed E-state index contributed by atoms with van der Waals surface area (Å²) in [5.41, 5.74) is 1.71. The maximum absolute atomic E-state index is 13.1. The first-order valence-electron chi connectivity index (χ1n) is 33.9. The second-order valence-electron chi connectivity index (χ2n) is 23.2. The molecule has 5 N–H and O–H groups in total. The molecule has 4 atom stereocenters.